The van der Waals surface area contributed by atoms with Gasteiger partial charge in [-0.3, -0.25) is 4.79 Å². The molecule has 0 spiro atoms. The van der Waals surface area contributed by atoms with Crippen LogP contribution in [0.3, 0.4) is 0 Å². The van der Waals surface area contributed by atoms with Gasteiger partial charge in [0.2, 0.25) is 5.91 Å². The van der Waals surface area contributed by atoms with Gasteiger partial charge in [0.05, 0.1) is 6.54 Å². The number of hydrogen-bond acceptors (Lipinski definition) is 3. The predicted molar refractivity (Wildman–Crippen MR) is 71.0 cm³/mol. The zero-order chi connectivity index (χ0) is 12.7. The lowest BCUT2D eigenvalue weighted by Crippen LogP contribution is -2.42. The van der Waals surface area contributed by atoms with Crippen LogP contribution < -0.4 is 5.32 Å². The third kappa shape index (κ3) is 5.50. The lowest BCUT2D eigenvalue weighted by molar-refractivity contribution is -0.131. The molecular weight excluding hydrogens is 214 g/mol. The summed E-state index contributed by atoms with van der Waals surface area (Å²) in [5, 5.41) is 2.93. The number of carbonyl (C=O) groups is 1. The summed E-state index contributed by atoms with van der Waals surface area (Å²) in [7, 11) is 6.07. The molecule has 0 atom stereocenters. The van der Waals surface area contributed by atoms with E-state index in [4.69, 9.17) is 0 Å². The highest BCUT2D eigenvalue weighted by molar-refractivity contribution is 5.78. The van der Waals surface area contributed by atoms with Crippen molar-refractivity contribution in [1.82, 2.24) is 15.1 Å². The summed E-state index contributed by atoms with van der Waals surface area (Å²) in [4.78, 5) is 15.9. The second kappa shape index (κ2) is 7.67. The van der Waals surface area contributed by atoms with Crippen LogP contribution in [0, 0.1) is 5.92 Å². The Morgan fingerprint density at radius 2 is 2.00 bits per heavy atom. The highest BCUT2D eigenvalue weighted by atomic mass is 16.2. The molecule has 0 aromatic rings. The van der Waals surface area contributed by atoms with Gasteiger partial charge in [-0.25, -0.2) is 0 Å². The second-order valence-electron chi connectivity index (χ2n) is 5.30. The Morgan fingerprint density at radius 1 is 1.35 bits per heavy atom. The van der Waals surface area contributed by atoms with E-state index < -0.39 is 0 Å². The Balaban J connectivity index is 2.15. The van der Waals surface area contributed by atoms with Gasteiger partial charge < -0.3 is 15.1 Å². The lowest BCUT2D eigenvalue weighted by atomic mass is 9.92. The molecule has 0 bridgehead atoms. The van der Waals surface area contributed by atoms with E-state index in [2.05, 4.69) is 24.3 Å². The number of rotatable bonds is 6. The number of carbonyl (C=O) groups excluding carboxylic acids is 1. The van der Waals surface area contributed by atoms with E-state index in [1.165, 1.54) is 32.2 Å². The minimum absolute atomic E-state index is 0.249. The van der Waals surface area contributed by atoms with Gasteiger partial charge in [-0.15, -0.1) is 0 Å². The highest BCUT2D eigenvalue weighted by Gasteiger charge is 2.21. The number of amides is 1. The monoisotopic (exact) mass is 241 g/mol. The van der Waals surface area contributed by atoms with Crippen LogP contribution in [-0.2, 0) is 4.79 Å². The van der Waals surface area contributed by atoms with Crippen molar-refractivity contribution in [2.24, 2.45) is 5.92 Å². The van der Waals surface area contributed by atoms with Crippen LogP contribution in [0.25, 0.3) is 0 Å². The molecule has 1 aliphatic rings. The topological polar surface area (TPSA) is 35.6 Å². The van der Waals surface area contributed by atoms with Crippen LogP contribution in [0.5, 0.6) is 0 Å². The van der Waals surface area contributed by atoms with Gasteiger partial charge in [0.25, 0.3) is 0 Å². The molecule has 4 nitrogen and oxygen atoms in total. The van der Waals surface area contributed by atoms with Gasteiger partial charge in [0.15, 0.2) is 0 Å². The molecule has 0 aliphatic carbocycles. The van der Waals surface area contributed by atoms with Gasteiger partial charge in [-0.1, -0.05) is 0 Å². The second-order valence-corrected chi connectivity index (χ2v) is 5.30. The maximum Gasteiger partial charge on any atom is 0.236 e. The minimum atomic E-state index is 0.249. The molecule has 1 saturated heterocycles. The van der Waals surface area contributed by atoms with Crippen LogP contribution in [0.4, 0.5) is 0 Å². The first kappa shape index (κ1) is 14.5. The van der Waals surface area contributed by atoms with Crippen molar-refractivity contribution in [3.05, 3.63) is 0 Å². The van der Waals surface area contributed by atoms with Crippen molar-refractivity contribution in [2.45, 2.75) is 25.7 Å². The molecule has 17 heavy (non-hydrogen) atoms. The fraction of sp³-hybridized carbons (Fsp3) is 0.923. The highest BCUT2D eigenvalue weighted by Crippen LogP contribution is 2.21. The van der Waals surface area contributed by atoms with Crippen molar-refractivity contribution in [2.75, 3.05) is 47.3 Å². The summed E-state index contributed by atoms with van der Waals surface area (Å²) in [6, 6.07) is 0. The summed E-state index contributed by atoms with van der Waals surface area (Å²) >= 11 is 0. The molecular formula is C13H27N3O. The molecule has 0 radical (unpaired) electrons. The van der Waals surface area contributed by atoms with E-state index in [9.17, 15) is 4.79 Å². The molecule has 1 N–H and O–H groups in total. The SMILES string of the molecule is CNCC(=O)N1CCC(CCCN(C)C)CC1. The molecule has 4 heteroatoms. The Labute approximate surface area is 105 Å². The summed E-state index contributed by atoms with van der Waals surface area (Å²) in [6.07, 6.45) is 4.96. The van der Waals surface area contributed by atoms with Crippen LogP contribution >= 0.6 is 0 Å². The normalized spacial score (nSPS) is 17.8. The summed E-state index contributed by atoms with van der Waals surface area (Å²) < 4.78 is 0. The molecule has 0 aromatic heterocycles. The van der Waals surface area contributed by atoms with Crippen molar-refractivity contribution in [3.8, 4) is 0 Å². The fourth-order valence-electron chi connectivity index (χ4n) is 2.43. The number of piperidine rings is 1. The van der Waals surface area contributed by atoms with Crippen molar-refractivity contribution < 1.29 is 4.79 Å². The maximum absolute atomic E-state index is 11.7. The Bertz CT molecular complexity index is 223. The van der Waals surface area contributed by atoms with Crippen LogP contribution in [-0.4, -0.2) is 63.0 Å². The fourth-order valence-corrected chi connectivity index (χ4v) is 2.43. The van der Waals surface area contributed by atoms with E-state index in [0.717, 1.165) is 19.0 Å². The van der Waals surface area contributed by atoms with E-state index >= 15 is 0 Å². The van der Waals surface area contributed by atoms with E-state index in [1.807, 2.05) is 11.9 Å². The third-order valence-electron chi connectivity index (χ3n) is 3.51. The van der Waals surface area contributed by atoms with Crippen molar-refractivity contribution >= 4 is 5.91 Å². The Hall–Kier alpha value is -0.610. The maximum atomic E-state index is 11.7. The first-order valence-corrected chi connectivity index (χ1v) is 6.70. The molecule has 0 unspecified atom stereocenters. The summed E-state index contributed by atoms with van der Waals surface area (Å²) in [5.41, 5.74) is 0. The number of nitrogens with zero attached hydrogens (tertiary/aromatic N) is 2. The molecule has 100 valence electrons. The third-order valence-corrected chi connectivity index (χ3v) is 3.51. The van der Waals surface area contributed by atoms with Gasteiger partial charge in [0, 0.05) is 13.1 Å². The first-order chi connectivity index (χ1) is 8.13. The molecule has 1 heterocycles. The first-order valence-electron chi connectivity index (χ1n) is 6.70. The largest absolute Gasteiger partial charge is 0.342 e. The zero-order valence-corrected chi connectivity index (χ0v) is 11.5. The number of hydrogen-bond donors (Lipinski definition) is 1. The van der Waals surface area contributed by atoms with Crippen molar-refractivity contribution in [3.63, 3.8) is 0 Å². The van der Waals surface area contributed by atoms with Crippen molar-refractivity contribution in [1.29, 1.82) is 0 Å². The van der Waals surface area contributed by atoms with Crippen LogP contribution in [0.15, 0.2) is 0 Å². The average molecular weight is 241 g/mol. The van der Waals surface area contributed by atoms with Crippen LogP contribution in [0.2, 0.25) is 0 Å². The van der Waals surface area contributed by atoms with Gasteiger partial charge in [0.1, 0.15) is 0 Å². The molecule has 0 aromatic carbocycles. The quantitative estimate of drug-likeness (QED) is 0.747. The number of likely N-dealkylation sites (tertiary alicyclic amines) is 1. The summed E-state index contributed by atoms with van der Waals surface area (Å²) in [6.45, 7) is 3.56. The Morgan fingerprint density at radius 3 is 2.53 bits per heavy atom. The van der Waals surface area contributed by atoms with Gasteiger partial charge >= 0.3 is 0 Å². The van der Waals surface area contributed by atoms with Gasteiger partial charge in [-0.05, 0) is 59.3 Å². The molecule has 1 amide bonds. The number of nitrogens with one attached hydrogen (secondary N) is 1. The summed E-state index contributed by atoms with van der Waals surface area (Å²) in [5.74, 6) is 1.08. The molecule has 0 saturated carbocycles. The van der Waals surface area contributed by atoms with Gasteiger partial charge in [-0.2, -0.15) is 0 Å². The average Bonchev–Trinajstić information content (AvgIpc) is 2.30. The lowest BCUT2D eigenvalue weighted by Gasteiger charge is -2.32. The minimum Gasteiger partial charge on any atom is -0.342 e. The van der Waals surface area contributed by atoms with Crippen LogP contribution in [0.1, 0.15) is 25.7 Å². The predicted octanol–water partition coefficient (Wildman–Crippen LogP) is 0.786. The molecule has 1 rings (SSSR count). The van der Waals surface area contributed by atoms with E-state index in [0.29, 0.717) is 6.54 Å². The van der Waals surface area contributed by atoms with E-state index in [1.54, 1.807) is 0 Å². The van der Waals surface area contributed by atoms with E-state index in [-0.39, 0.29) is 5.91 Å². The molecule has 1 fully saturated rings. The molecule has 1 aliphatic heterocycles. The standard InChI is InChI=1S/C13H27N3O/c1-14-11-13(17)16-9-6-12(7-10-16)5-4-8-15(2)3/h12,14H,4-11H2,1-3H3. The Kier molecular flexibility index (Phi) is 6.52. The zero-order valence-electron chi connectivity index (χ0n) is 11.5. The smallest absolute Gasteiger partial charge is 0.236 e. The number of likely N-dealkylation sites (N-methyl/N-ethyl adjacent to an activating group) is 1.